The molecule has 0 aliphatic heterocycles. The maximum Gasteiger partial charge on any atom is 0.323 e. The first-order valence-electron chi connectivity index (χ1n) is 7.73. The minimum absolute atomic E-state index is 0.261. The Hall–Kier alpha value is -2.57. The van der Waals surface area contributed by atoms with Gasteiger partial charge in [-0.3, -0.25) is 9.59 Å². The molecule has 0 saturated heterocycles. The molecule has 24 heavy (non-hydrogen) atoms. The zero-order valence-corrected chi connectivity index (χ0v) is 12.9. The van der Waals surface area contributed by atoms with E-state index in [0.717, 1.165) is 24.2 Å². The number of aryl methyl sites for hydroxylation is 2. The van der Waals surface area contributed by atoms with Crippen LogP contribution in [0.4, 0.5) is 8.78 Å². The number of carboxylic acid groups (broad SMARTS) is 1. The van der Waals surface area contributed by atoms with Crippen molar-refractivity contribution in [1.82, 2.24) is 9.55 Å². The molecule has 1 N–H and O–H groups in total. The third kappa shape index (κ3) is 3.20. The Morgan fingerprint density at radius 2 is 2.00 bits per heavy atom. The Morgan fingerprint density at radius 1 is 1.21 bits per heavy atom. The molecule has 0 amide bonds. The molecule has 5 nitrogen and oxygen atoms in total. The van der Waals surface area contributed by atoms with Crippen LogP contribution in [-0.2, 0) is 37.0 Å². The number of aliphatic carboxylic acids is 1. The first-order valence-corrected chi connectivity index (χ1v) is 7.73. The number of benzene rings is 1. The van der Waals surface area contributed by atoms with E-state index in [-0.39, 0.29) is 18.5 Å². The summed E-state index contributed by atoms with van der Waals surface area (Å²) in [5.41, 5.74) is 1.57. The first kappa shape index (κ1) is 16.3. The van der Waals surface area contributed by atoms with E-state index < -0.39 is 17.6 Å². The van der Waals surface area contributed by atoms with E-state index in [1.54, 1.807) is 4.57 Å². The van der Waals surface area contributed by atoms with Crippen molar-refractivity contribution in [1.29, 1.82) is 0 Å². The largest absolute Gasteiger partial charge is 0.480 e. The number of aromatic nitrogens is 2. The highest BCUT2D eigenvalue weighted by Crippen LogP contribution is 2.20. The van der Waals surface area contributed by atoms with Gasteiger partial charge in [0.1, 0.15) is 12.4 Å². The van der Waals surface area contributed by atoms with Crippen molar-refractivity contribution in [2.75, 3.05) is 0 Å². The normalized spacial score (nSPS) is 13.1. The van der Waals surface area contributed by atoms with Crippen LogP contribution in [0.25, 0.3) is 0 Å². The van der Waals surface area contributed by atoms with Gasteiger partial charge in [0.2, 0.25) is 0 Å². The van der Waals surface area contributed by atoms with Crippen LogP contribution in [0.3, 0.4) is 0 Å². The smallest absolute Gasteiger partial charge is 0.323 e. The standard InChI is InChI=1S/C17H16F2N2O3/c18-12-6-4-10(8-13(12)19)5-7-15-20-17(24)11-2-1-3-14(11)21(15)9-16(22)23/h4,6,8H,1-3,5,7,9H2,(H,22,23). The van der Waals surface area contributed by atoms with Gasteiger partial charge >= 0.3 is 5.97 Å². The Balaban J connectivity index is 1.92. The van der Waals surface area contributed by atoms with Crippen LogP contribution in [0.1, 0.15) is 29.1 Å². The quantitative estimate of drug-likeness (QED) is 0.906. The van der Waals surface area contributed by atoms with E-state index >= 15 is 0 Å². The van der Waals surface area contributed by atoms with Crippen LogP contribution in [0.5, 0.6) is 0 Å². The fraction of sp³-hybridized carbons (Fsp3) is 0.353. The molecule has 1 heterocycles. The van der Waals surface area contributed by atoms with Gasteiger partial charge in [-0.1, -0.05) is 6.07 Å². The van der Waals surface area contributed by atoms with Gasteiger partial charge in [-0.25, -0.2) is 8.78 Å². The Kier molecular flexibility index (Phi) is 4.42. The van der Waals surface area contributed by atoms with E-state index in [1.165, 1.54) is 6.07 Å². The number of rotatable bonds is 5. The van der Waals surface area contributed by atoms with Gasteiger partial charge in [-0.15, -0.1) is 0 Å². The minimum atomic E-state index is -1.01. The zero-order chi connectivity index (χ0) is 17.3. The third-order valence-corrected chi connectivity index (χ3v) is 4.23. The lowest BCUT2D eigenvalue weighted by molar-refractivity contribution is -0.137. The SMILES string of the molecule is O=C(O)Cn1c(CCc2ccc(F)c(F)c2)nc(=O)c2c1CCC2. The lowest BCUT2D eigenvalue weighted by Gasteiger charge is -2.15. The van der Waals surface area contributed by atoms with Crippen molar-refractivity contribution in [2.45, 2.75) is 38.6 Å². The summed E-state index contributed by atoms with van der Waals surface area (Å²) in [7, 11) is 0. The molecule has 1 aliphatic carbocycles. The number of halogens is 2. The van der Waals surface area contributed by atoms with Gasteiger partial charge < -0.3 is 9.67 Å². The fourth-order valence-corrected chi connectivity index (χ4v) is 3.12. The van der Waals surface area contributed by atoms with E-state index in [2.05, 4.69) is 4.98 Å². The van der Waals surface area contributed by atoms with Gasteiger partial charge in [-0.2, -0.15) is 4.98 Å². The molecule has 0 fully saturated rings. The maximum atomic E-state index is 13.3. The summed E-state index contributed by atoms with van der Waals surface area (Å²) in [5, 5.41) is 9.13. The molecular weight excluding hydrogens is 318 g/mol. The van der Waals surface area contributed by atoms with E-state index in [4.69, 9.17) is 5.11 Å². The van der Waals surface area contributed by atoms with E-state index in [0.29, 0.717) is 36.2 Å². The molecule has 7 heteroatoms. The van der Waals surface area contributed by atoms with Crippen LogP contribution >= 0.6 is 0 Å². The number of nitrogens with zero attached hydrogens (tertiary/aromatic N) is 2. The maximum absolute atomic E-state index is 13.3. The molecule has 3 rings (SSSR count). The van der Waals surface area contributed by atoms with Crippen molar-refractivity contribution in [2.24, 2.45) is 0 Å². The summed E-state index contributed by atoms with van der Waals surface area (Å²) in [6.07, 6.45) is 2.68. The molecule has 1 aromatic heterocycles. The Morgan fingerprint density at radius 3 is 2.71 bits per heavy atom. The number of carbonyl (C=O) groups is 1. The summed E-state index contributed by atoms with van der Waals surface area (Å²) < 4.78 is 27.8. The second kappa shape index (κ2) is 6.51. The molecule has 1 aromatic carbocycles. The molecular formula is C17H16F2N2O3. The monoisotopic (exact) mass is 334 g/mol. The summed E-state index contributed by atoms with van der Waals surface area (Å²) in [4.78, 5) is 27.3. The van der Waals surface area contributed by atoms with Crippen LogP contribution in [0.2, 0.25) is 0 Å². The second-order valence-electron chi connectivity index (χ2n) is 5.84. The third-order valence-electron chi connectivity index (χ3n) is 4.23. The van der Waals surface area contributed by atoms with Crippen LogP contribution < -0.4 is 5.56 Å². The van der Waals surface area contributed by atoms with E-state index in [9.17, 15) is 18.4 Å². The van der Waals surface area contributed by atoms with Gasteiger partial charge in [0.15, 0.2) is 11.6 Å². The highest BCUT2D eigenvalue weighted by molar-refractivity contribution is 5.66. The van der Waals surface area contributed by atoms with Gasteiger partial charge in [-0.05, 0) is 43.4 Å². The zero-order valence-electron chi connectivity index (χ0n) is 12.9. The summed E-state index contributed by atoms with van der Waals surface area (Å²) in [6.45, 7) is -0.261. The summed E-state index contributed by atoms with van der Waals surface area (Å²) in [5.74, 6) is -2.49. The molecule has 0 radical (unpaired) electrons. The van der Waals surface area contributed by atoms with Gasteiger partial charge in [0.25, 0.3) is 5.56 Å². The molecule has 0 atom stereocenters. The second-order valence-corrected chi connectivity index (χ2v) is 5.84. The number of carboxylic acids is 1. The van der Waals surface area contributed by atoms with Crippen LogP contribution in [-0.4, -0.2) is 20.6 Å². The molecule has 0 bridgehead atoms. The highest BCUT2D eigenvalue weighted by atomic mass is 19.2. The molecule has 0 saturated carbocycles. The lowest BCUT2D eigenvalue weighted by atomic mass is 10.1. The minimum Gasteiger partial charge on any atom is -0.480 e. The average Bonchev–Trinajstić information content (AvgIpc) is 3.01. The number of fused-ring (bicyclic) bond motifs is 1. The van der Waals surface area contributed by atoms with Crippen molar-refractivity contribution in [3.8, 4) is 0 Å². The summed E-state index contributed by atoms with van der Waals surface area (Å²) in [6, 6.07) is 3.61. The number of hydrogen-bond acceptors (Lipinski definition) is 3. The highest BCUT2D eigenvalue weighted by Gasteiger charge is 2.22. The van der Waals surface area contributed by atoms with Crippen molar-refractivity contribution in [3.05, 3.63) is 62.8 Å². The predicted molar refractivity (Wildman–Crippen MR) is 81.9 cm³/mol. The number of hydrogen-bond donors (Lipinski definition) is 1. The van der Waals surface area contributed by atoms with Crippen LogP contribution in [0.15, 0.2) is 23.0 Å². The molecule has 126 valence electrons. The van der Waals surface area contributed by atoms with Crippen LogP contribution in [0, 0.1) is 11.6 Å². The Labute approximate surface area is 136 Å². The molecule has 0 unspecified atom stereocenters. The molecule has 2 aromatic rings. The Bertz CT molecular complexity index is 862. The van der Waals surface area contributed by atoms with Crippen molar-refractivity contribution >= 4 is 5.97 Å². The summed E-state index contributed by atoms with van der Waals surface area (Å²) >= 11 is 0. The predicted octanol–water partition coefficient (Wildman–Crippen LogP) is 1.88. The first-order chi connectivity index (χ1) is 11.5. The van der Waals surface area contributed by atoms with Gasteiger partial charge in [0, 0.05) is 17.7 Å². The average molecular weight is 334 g/mol. The topological polar surface area (TPSA) is 72.2 Å². The van der Waals surface area contributed by atoms with E-state index in [1.807, 2.05) is 0 Å². The fourth-order valence-electron chi connectivity index (χ4n) is 3.12. The molecule has 1 aliphatic rings. The lowest BCUT2D eigenvalue weighted by Crippen LogP contribution is -2.26. The molecule has 0 spiro atoms. The van der Waals surface area contributed by atoms with Crippen molar-refractivity contribution in [3.63, 3.8) is 0 Å². The van der Waals surface area contributed by atoms with Gasteiger partial charge in [0.05, 0.1) is 0 Å². The van der Waals surface area contributed by atoms with Crippen molar-refractivity contribution < 1.29 is 18.7 Å².